The molecule has 0 radical (unpaired) electrons. The molecule has 0 aliphatic rings. The summed E-state index contributed by atoms with van der Waals surface area (Å²) >= 11 is 0. The number of amides is 2. The molecule has 1 unspecified atom stereocenters. The highest BCUT2D eigenvalue weighted by Gasteiger charge is 2.27. The maximum Gasteiger partial charge on any atom is 0.242 e. The molecule has 0 aliphatic heterocycles. The molecule has 0 aromatic heterocycles. The van der Waals surface area contributed by atoms with Crippen LogP contribution in [0.5, 0.6) is 0 Å². The molecule has 0 bridgehead atoms. The monoisotopic (exact) mass is 473 g/mol. The first-order chi connectivity index (χ1) is 15.5. The maximum absolute atomic E-state index is 13.1. The van der Waals surface area contributed by atoms with Gasteiger partial charge in [-0.3, -0.25) is 9.59 Å². The molecule has 0 aliphatic carbocycles. The van der Waals surface area contributed by atoms with E-state index in [4.69, 9.17) is 0 Å². The van der Waals surface area contributed by atoms with Crippen molar-refractivity contribution in [3.05, 3.63) is 65.7 Å². The van der Waals surface area contributed by atoms with Crippen molar-refractivity contribution in [1.29, 1.82) is 0 Å². The summed E-state index contributed by atoms with van der Waals surface area (Å²) in [5.74, 6) is -0.401. The number of hydrogen-bond donors (Lipinski definition) is 1. The standard InChI is InChI=1S/C25H35N3O4S/c1-19(2)26-25(30)21(4)28(18-22-15-13-20(3)14-16-22)24(29)12-9-17-27(5)33(31,32)23-10-7-6-8-11-23/h6-8,10-11,13-16,19,21H,9,12,17-18H2,1-5H3,(H,26,30). The van der Waals surface area contributed by atoms with Gasteiger partial charge in [-0.25, -0.2) is 12.7 Å². The first kappa shape index (κ1) is 26.5. The summed E-state index contributed by atoms with van der Waals surface area (Å²) in [5.41, 5.74) is 2.05. The van der Waals surface area contributed by atoms with E-state index in [0.717, 1.165) is 11.1 Å². The Morgan fingerprint density at radius 2 is 1.58 bits per heavy atom. The van der Waals surface area contributed by atoms with Gasteiger partial charge < -0.3 is 10.2 Å². The topological polar surface area (TPSA) is 86.8 Å². The van der Waals surface area contributed by atoms with Gasteiger partial charge in [-0.05, 0) is 51.8 Å². The lowest BCUT2D eigenvalue weighted by molar-refractivity contribution is -0.140. The van der Waals surface area contributed by atoms with Crippen molar-refractivity contribution >= 4 is 21.8 Å². The van der Waals surface area contributed by atoms with E-state index in [1.54, 1.807) is 42.2 Å². The average Bonchev–Trinajstić information content (AvgIpc) is 2.78. The summed E-state index contributed by atoms with van der Waals surface area (Å²) in [7, 11) is -2.10. The van der Waals surface area contributed by atoms with Crippen LogP contribution in [0, 0.1) is 6.92 Å². The molecule has 7 nitrogen and oxygen atoms in total. The summed E-state index contributed by atoms with van der Waals surface area (Å²) in [6.07, 6.45) is 0.490. The largest absolute Gasteiger partial charge is 0.352 e. The smallest absolute Gasteiger partial charge is 0.242 e. The highest BCUT2D eigenvalue weighted by Crippen LogP contribution is 2.16. The molecule has 0 heterocycles. The summed E-state index contributed by atoms with van der Waals surface area (Å²) in [6.45, 7) is 7.97. The van der Waals surface area contributed by atoms with Crippen molar-refractivity contribution in [3.8, 4) is 0 Å². The van der Waals surface area contributed by atoms with E-state index >= 15 is 0 Å². The first-order valence-electron chi connectivity index (χ1n) is 11.2. The minimum Gasteiger partial charge on any atom is -0.352 e. The van der Waals surface area contributed by atoms with Gasteiger partial charge in [0.25, 0.3) is 0 Å². The number of nitrogens with zero attached hydrogens (tertiary/aromatic N) is 2. The van der Waals surface area contributed by atoms with Crippen molar-refractivity contribution in [2.45, 2.75) is 64.1 Å². The third-order valence-corrected chi connectivity index (χ3v) is 7.26. The zero-order valence-corrected chi connectivity index (χ0v) is 20.9. The number of benzene rings is 2. The van der Waals surface area contributed by atoms with Gasteiger partial charge in [0.05, 0.1) is 4.90 Å². The molecule has 2 amide bonds. The highest BCUT2D eigenvalue weighted by atomic mass is 32.2. The zero-order valence-electron chi connectivity index (χ0n) is 20.1. The molecule has 0 saturated carbocycles. The van der Waals surface area contributed by atoms with Gasteiger partial charge in [-0.15, -0.1) is 0 Å². The van der Waals surface area contributed by atoms with Crippen LogP contribution < -0.4 is 5.32 Å². The molecule has 0 fully saturated rings. The second kappa shape index (κ2) is 12.0. The lowest BCUT2D eigenvalue weighted by Crippen LogP contribution is -2.49. The molecule has 33 heavy (non-hydrogen) atoms. The van der Waals surface area contributed by atoms with Crippen molar-refractivity contribution in [2.24, 2.45) is 0 Å². The predicted octanol–water partition coefficient (Wildman–Crippen LogP) is 3.34. The fourth-order valence-electron chi connectivity index (χ4n) is 3.37. The summed E-state index contributed by atoms with van der Waals surface area (Å²) in [4.78, 5) is 27.5. The Kier molecular flexibility index (Phi) is 9.61. The van der Waals surface area contributed by atoms with E-state index < -0.39 is 16.1 Å². The normalized spacial score (nSPS) is 12.6. The average molecular weight is 474 g/mol. The van der Waals surface area contributed by atoms with Crippen molar-refractivity contribution in [1.82, 2.24) is 14.5 Å². The van der Waals surface area contributed by atoms with E-state index in [-0.39, 0.29) is 35.7 Å². The van der Waals surface area contributed by atoms with Crippen LogP contribution >= 0.6 is 0 Å². The maximum atomic E-state index is 13.1. The van der Waals surface area contributed by atoms with E-state index in [0.29, 0.717) is 13.0 Å². The van der Waals surface area contributed by atoms with Crippen molar-refractivity contribution in [2.75, 3.05) is 13.6 Å². The third-order valence-electron chi connectivity index (χ3n) is 5.39. The van der Waals surface area contributed by atoms with Crippen LogP contribution in [0.15, 0.2) is 59.5 Å². The molecule has 8 heteroatoms. The predicted molar refractivity (Wildman–Crippen MR) is 130 cm³/mol. The van der Waals surface area contributed by atoms with Crippen LogP contribution in [0.3, 0.4) is 0 Å². The Morgan fingerprint density at radius 3 is 2.15 bits per heavy atom. The Labute approximate surface area is 197 Å². The summed E-state index contributed by atoms with van der Waals surface area (Å²) in [6, 6.07) is 15.4. The second-order valence-electron chi connectivity index (χ2n) is 8.59. The van der Waals surface area contributed by atoms with E-state index in [1.807, 2.05) is 45.0 Å². The van der Waals surface area contributed by atoms with Gasteiger partial charge in [-0.2, -0.15) is 0 Å². The number of aryl methyl sites for hydroxylation is 1. The highest BCUT2D eigenvalue weighted by molar-refractivity contribution is 7.89. The molecule has 1 atom stereocenters. The summed E-state index contributed by atoms with van der Waals surface area (Å²) in [5, 5.41) is 2.86. The molecular weight excluding hydrogens is 438 g/mol. The molecule has 0 spiro atoms. The second-order valence-corrected chi connectivity index (χ2v) is 10.6. The van der Waals surface area contributed by atoms with Gasteiger partial charge in [-0.1, -0.05) is 48.0 Å². The van der Waals surface area contributed by atoms with Gasteiger partial charge in [0.1, 0.15) is 6.04 Å². The zero-order chi connectivity index (χ0) is 24.6. The number of rotatable bonds is 11. The van der Waals surface area contributed by atoms with E-state index in [9.17, 15) is 18.0 Å². The molecule has 2 aromatic rings. The SMILES string of the molecule is Cc1ccc(CN(C(=O)CCCN(C)S(=O)(=O)c2ccccc2)C(C)C(=O)NC(C)C)cc1. The lowest BCUT2D eigenvalue weighted by Gasteiger charge is -2.29. The van der Waals surface area contributed by atoms with Gasteiger partial charge >= 0.3 is 0 Å². The van der Waals surface area contributed by atoms with Crippen LogP contribution in [0.1, 0.15) is 44.7 Å². The van der Waals surface area contributed by atoms with Crippen LogP contribution in [0.4, 0.5) is 0 Å². The van der Waals surface area contributed by atoms with Crippen LogP contribution in [0.25, 0.3) is 0 Å². The number of carbonyl (C=O) groups is 2. The molecule has 180 valence electrons. The molecule has 0 saturated heterocycles. The van der Waals surface area contributed by atoms with Crippen LogP contribution in [-0.4, -0.2) is 55.1 Å². The number of nitrogens with one attached hydrogen (secondary N) is 1. The fraction of sp³-hybridized carbons (Fsp3) is 0.440. The third kappa shape index (κ3) is 7.68. The van der Waals surface area contributed by atoms with E-state index in [2.05, 4.69) is 5.32 Å². The minimum absolute atomic E-state index is 0.0341. The van der Waals surface area contributed by atoms with Crippen LogP contribution in [-0.2, 0) is 26.2 Å². The fourth-order valence-corrected chi connectivity index (χ4v) is 4.60. The minimum atomic E-state index is -3.61. The summed E-state index contributed by atoms with van der Waals surface area (Å²) < 4.78 is 26.6. The number of sulfonamides is 1. The first-order valence-corrected chi connectivity index (χ1v) is 12.6. The Morgan fingerprint density at radius 1 is 0.970 bits per heavy atom. The van der Waals surface area contributed by atoms with E-state index in [1.165, 1.54) is 11.4 Å². The molecule has 2 aromatic carbocycles. The Bertz CT molecular complexity index is 1020. The number of hydrogen-bond acceptors (Lipinski definition) is 4. The van der Waals surface area contributed by atoms with Gasteiger partial charge in [0, 0.05) is 32.6 Å². The Hall–Kier alpha value is -2.71. The molecular formula is C25H35N3O4S. The molecule has 1 N–H and O–H groups in total. The van der Waals surface area contributed by atoms with Crippen molar-refractivity contribution in [3.63, 3.8) is 0 Å². The molecule has 2 rings (SSSR count). The van der Waals surface area contributed by atoms with Gasteiger partial charge in [0.15, 0.2) is 0 Å². The Balaban J connectivity index is 2.07. The van der Waals surface area contributed by atoms with Crippen LogP contribution in [0.2, 0.25) is 0 Å². The number of carbonyl (C=O) groups excluding carboxylic acids is 2. The van der Waals surface area contributed by atoms with Crippen molar-refractivity contribution < 1.29 is 18.0 Å². The van der Waals surface area contributed by atoms with Gasteiger partial charge in [0.2, 0.25) is 21.8 Å². The quantitative estimate of drug-likeness (QED) is 0.542. The lowest BCUT2D eigenvalue weighted by atomic mass is 10.1.